The zero-order chi connectivity index (χ0) is 51.7. The van der Waals surface area contributed by atoms with Crippen LogP contribution >= 0.6 is 0 Å². The Kier molecular flexibility index (Phi) is 12.2. The topological polar surface area (TPSA) is 35.9 Å². The molecular formula is C68H70N4O. The molecule has 0 spiro atoms. The van der Waals surface area contributed by atoms with E-state index in [1.807, 2.05) is 6.20 Å². The number of nitrogens with zero attached hydrogens (tertiary/aromatic N) is 4. The van der Waals surface area contributed by atoms with Crippen molar-refractivity contribution < 1.29 is 9.30 Å². The van der Waals surface area contributed by atoms with E-state index in [0.29, 0.717) is 0 Å². The number of hydrogen-bond acceptors (Lipinski definition) is 2. The fourth-order valence-corrected chi connectivity index (χ4v) is 10.2. The van der Waals surface area contributed by atoms with Crippen molar-refractivity contribution in [3.63, 3.8) is 0 Å². The number of fused-ring (bicyclic) bond motifs is 3. The molecule has 0 amide bonds. The quantitative estimate of drug-likeness (QED) is 0.101. The fourth-order valence-electron chi connectivity index (χ4n) is 10.2. The number of pyridine rings is 1. The molecule has 0 aliphatic carbocycles. The first-order valence-corrected chi connectivity index (χ1v) is 25.8. The van der Waals surface area contributed by atoms with Crippen molar-refractivity contribution in [2.45, 2.75) is 117 Å². The molecule has 368 valence electrons. The number of aromatic nitrogens is 4. The van der Waals surface area contributed by atoms with Crippen LogP contribution in [0.4, 0.5) is 0 Å². The standard InChI is InChI=1S/C68H70N4O/c1-64(2,3)50-33-34-69-63(41-50)72-60-32-29-47(46-23-17-14-18-24-46)35-59(60)58-31-30-56(43-61(58)72)73-57-40-53(68(12,13)49-27-21-16-22-28-49)38-54(42-57)70-44-62(66(7,8)9)71(45-70)55-37-51(65(4,5)6)36-52(39-55)67(10,11)48-25-19-15-20-26-48/h14-44H,1-13H3. The molecule has 0 atom stereocenters. The Morgan fingerprint density at radius 1 is 0.438 bits per heavy atom. The molecule has 10 rings (SSSR count). The highest BCUT2D eigenvalue weighted by Gasteiger charge is 2.30. The lowest BCUT2D eigenvalue weighted by atomic mass is 9.75. The smallest absolute Gasteiger partial charge is 0.269 e. The molecule has 5 heteroatoms. The van der Waals surface area contributed by atoms with Gasteiger partial charge in [-0.15, -0.1) is 0 Å². The highest BCUT2D eigenvalue weighted by molar-refractivity contribution is 6.10. The summed E-state index contributed by atoms with van der Waals surface area (Å²) >= 11 is 0. The zero-order valence-electron chi connectivity index (χ0n) is 45.1. The van der Waals surface area contributed by atoms with Crippen LogP contribution in [0, 0.1) is 6.33 Å². The number of rotatable bonds is 10. The maximum Gasteiger partial charge on any atom is 0.269 e. The maximum absolute atomic E-state index is 7.15. The number of benzene rings is 7. The van der Waals surface area contributed by atoms with Crippen molar-refractivity contribution in [1.29, 1.82) is 0 Å². The molecule has 0 bridgehead atoms. The maximum atomic E-state index is 7.15. The first kappa shape index (κ1) is 49.1. The molecule has 5 nitrogen and oxygen atoms in total. The lowest BCUT2D eigenvalue weighted by Gasteiger charge is -2.30. The average molecular weight is 959 g/mol. The minimum atomic E-state index is -0.360. The van der Waals surface area contributed by atoms with Crippen LogP contribution < -0.4 is 9.30 Å². The summed E-state index contributed by atoms with van der Waals surface area (Å²) in [5.41, 5.74) is 14.1. The van der Waals surface area contributed by atoms with E-state index in [9.17, 15) is 0 Å². The third-order valence-corrected chi connectivity index (χ3v) is 15.0. The highest BCUT2D eigenvalue weighted by atomic mass is 16.5. The van der Waals surface area contributed by atoms with Gasteiger partial charge in [0.15, 0.2) is 0 Å². The van der Waals surface area contributed by atoms with Gasteiger partial charge in [-0.05, 0) is 127 Å². The summed E-state index contributed by atoms with van der Waals surface area (Å²) in [6, 6.07) is 63.7. The van der Waals surface area contributed by atoms with E-state index in [-0.39, 0.29) is 27.1 Å². The summed E-state index contributed by atoms with van der Waals surface area (Å²) in [6.45, 7) is 29.8. The van der Waals surface area contributed by atoms with E-state index in [1.165, 1.54) is 38.9 Å². The number of ether oxygens (including phenoxy) is 1. The van der Waals surface area contributed by atoms with Crippen molar-refractivity contribution >= 4 is 21.8 Å². The van der Waals surface area contributed by atoms with Crippen molar-refractivity contribution in [1.82, 2.24) is 14.1 Å². The Labute approximate surface area is 433 Å². The van der Waals surface area contributed by atoms with Crippen molar-refractivity contribution in [2.75, 3.05) is 0 Å². The van der Waals surface area contributed by atoms with Crippen LogP contribution in [-0.4, -0.2) is 14.1 Å². The highest BCUT2D eigenvalue weighted by Crippen LogP contribution is 2.41. The van der Waals surface area contributed by atoms with Crippen LogP contribution in [0.5, 0.6) is 11.5 Å². The van der Waals surface area contributed by atoms with Crippen molar-refractivity contribution in [3.8, 4) is 39.8 Å². The van der Waals surface area contributed by atoms with Crippen molar-refractivity contribution in [2.24, 2.45) is 0 Å². The molecule has 0 unspecified atom stereocenters. The second-order valence-electron chi connectivity index (χ2n) is 24.2. The summed E-state index contributed by atoms with van der Waals surface area (Å²) in [7, 11) is 0. The predicted molar refractivity (Wildman–Crippen MR) is 303 cm³/mol. The SMILES string of the molecule is CC(C)(C)c1cc(-[n+]2[c-]n(-c3cc(Oc4ccc5c6cc(-c7ccccc7)ccc6n(-c6cc(C(C)(C)C)ccn6)c5c4)cc(C(C)(C)c4ccccc4)c3)cc2C(C)(C)C)cc(C(C)(C)c2ccccc2)c1. The van der Waals surface area contributed by atoms with Gasteiger partial charge in [0.05, 0.1) is 28.1 Å². The molecule has 0 N–H and O–H groups in total. The molecule has 0 saturated heterocycles. The van der Waals surface area contributed by atoms with Crippen molar-refractivity contribution in [3.05, 3.63) is 234 Å². The Morgan fingerprint density at radius 2 is 1.04 bits per heavy atom. The third-order valence-electron chi connectivity index (χ3n) is 15.0. The summed E-state index contributed by atoms with van der Waals surface area (Å²) in [6.07, 6.45) is 8.09. The zero-order valence-corrected chi connectivity index (χ0v) is 45.1. The van der Waals surface area contributed by atoms with Gasteiger partial charge in [0.1, 0.15) is 17.3 Å². The van der Waals surface area contributed by atoms with Crippen LogP contribution in [0.1, 0.15) is 129 Å². The normalized spacial score (nSPS) is 12.7. The number of imidazole rings is 1. The summed E-state index contributed by atoms with van der Waals surface area (Å²) in [5.74, 6) is 2.35. The lowest BCUT2D eigenvalue weighted by Crippen LogP contribution is -2.39. The third kappa shape index (κ3) is 9.54. The van der Waals surface area contributed by atoms with Crippen LogP contribution in [-0.2, 0) is 27.1 Å². The van der Waals surface area contributed by atoms with Gasteiger partial charge in [0.25, 0.3) is 6.33 Å². The first-order valence-electron chi connectivity index (χ1n) is 25.8. The van der Waals surface area contributed by atoms with Gasteiger partial charge in [-0.1, -0.05) is 193 Å². The van der Waals surface area contributed by atoms with Gasteiger partial charge in [0.2, 0.25) is 0 Å². The van der Waals surface area contributed by atoms with E-state index in [1.54, 1.807) is 0 Å². The van der Waals surface area contributed by atoms with E-state index in [0.717, 1.165) is 61.8 Å². The summed E-state index contributed by atoms with van der Waals surface area (Å²) in [5, 5.41) is 2.30. The molecule has 0 aliphatic rings. The second kappa shape index (κ2) is 18.2. The van der Waals surface area contributed by atoms with Gasteiger partial charge < -0.3 is 4.74 Å². The molecule has 0 aliphatic heterocycles. The minimum absolute atomic E-state index is 0.0514. The van der Waals surface area contributed by atoms with Gasteiger partial charge in [-0.2, -0.15) is 0 Å². The monoisotopic (exact) mass is 959 g/mol. The first-order chi connectivity index (χ1) is 34.6. The Bertz CT molecular complexity index is 3630. The molecule has 0 radical (unpaired) electrons. The molecule has 7 aromatic carbocycles. The predicted octanol–water partition coefficient (Wildman–Crippen LogP) is 17.0. The molecule has 3 heterocycles. The number of hydrogen-bond donors (Lipinski definition) is 0. The molecule has 0 saturated carbocycles. The van der Waals surface area contributed by atoms with E-state index < -0.39 is 0 Å². The van der Waals surface area contributed by atoms with Crippen LogP contribution in [0.3, 0.4) is 0 Å². The molecule has 73 heavy (non-hydrogen) atoms. The average Bonchev–Trinajstić information content (AvgIpc) is 3.97. The van der Waals surface area contributed by atoms with Gasteiger partial charge >= 0.3 is 0 Å². The lowest BCUT2D eigenvalue weighted by molar-refractivity contribution is -0.611. The van der Waals surface area contributed by atoms with E-state index >= 15 is 0 Å². The fraction of sp³-hybridized carbons (Fsp3) is 0.265. The Hall–Kier alpha value is -7.50. The van der Waals surface area contributed by atoms with E-state index in [2.05, 4.69) is 292 Å². The van der Waals surface area contributed by atoms with Gasteiger partial charge in [-0.25, -0.2) is 4.98 Å². The second-order valence-corrected chi connectivity index (χ2v) is 24.2. The van der Waals surface area contributed by atoms with Gasteiger partial charge in [0, 0.05) is 40.1 Å². The molecule has 0 fully saturated rings. The Balaban J connectivity index is 1.14. The minimum Gasteiger partial charge on any atom is -0.458 e. The summed E-state index contributed by atoms with van der Waals surface area (Å²) in [4.78, 5) is 5.01. The summed E-state index contributed by atoms with van der Waals surface area (Å²) < 4.78 is 13.9. The molecule has 10 aromatic rings. The van der Waals surface area contributed by atoms with Crippen LogP contribution in [0.25, 0.3) is 50.1 Å². The molecular weight excluding hydrogens is 889 g/mol. The van der Waals surface area contributed by atoms with Crippen LogP contribution in [0.15, 0.2) is 188 Å². The molecule has 3 aromatic heterocycles. The largest absolute Gasteiger partial charge is 0.458 e. The Morgan fingerprint density at radius 3 is 1.66 bits per heavy atom. The van der Waals surface area contributed by atoms with E-state index in [4.69, 9.17) is 9.72 Å². The van der Waals surface area contributed by atoms with Gasteiger partial charge in [-0.3, -0.25) is 13.7 Å². The van der Waals surface area contributed by atoms with Crippen LogP contribution in [0.2, 0.25) is 0 Å².